The number of aliphatic hydroxyl groups is 4. The maximum Gasteiger partial charge on any atom is 0.249 e. The van der Waals surface area contributed by atoms with Crippen molar-refractivity contribution in [2.24, 2.45) is 0 Å². The number of allylic oxidation sites excluding steroid dienone is 6. The highest BCUT2D eigenvalue weighted by Crippen LogP contribution is 2.14. The van der Waals surface area contributed by atoms with Gasteiger partial charge in [-0.15, -0.1) is 0 Å². The highest BCUT2D eigenvalue weighted by atomic mass is 16.3. The molecular formula is C43H81NO5. The third kappa shape index (κ3) is 32.2. The first kappa shape index (κ1) is 47.5. The molecule has 0 aromatic heterocycles. The third-order valence-electron chi connectivity index (χ3n) is 9.55. The summed E-state index contributed by atoms with van der Waals surface area (Å²) in [4.78, 5) is 12.5. The van der Waals surface area contributed by atoms with E-state index in [9.17, 15) is 25.2 Å². The van der Waals surface area contributed by atoms with Crippen LogP contribution in [0, 0.1) is 0 Å². The second-order valence-electron chi connectivity index (χ2n) is 14.3. The molecule has 6 heteroatoms. The molecule has 0 rings (SSSR count). The number of rotatable bonds is 37. The first-order valence-electron chi connectivity index (χ1n) is 20.9. The van der Waals surface area contributed by atoms with Crippen LogP contribution in [0.3, 0.4) is 0 Å². The van der Waals surface area contributed by atoms with E-state index >= 15 is 0 Å². The average molecular weight is 692 g/mol. The summed E-state index contributed by atoms with van der Waals surface area (Å²) in [6.07, 6.45) is 43.1. The lowest BCUT2D eigenvalue weighted by Gasteiger charge is -2.27. The van der Waals surface area contributed by atoms with Gasteiger partial charge in [0.1, 0.15) is 12.2 Å². The molecule has 49 heavy (non-hydrogen) atoms. The molecule has 0 aliphatic heterocycles. The van der Waals surface area contributed by atoms with Crippen molar-refractivity contribution in [3.8, 4) is 0 Å². The Hall–Kier alpha value is -1.47. The van der Waals surface area contributed by atoms with E-state index < -0.39 is 36.9 Å². The molecule has 5 N–H and O–H groups in total. The molecule has 0 fully saturated rings. The lowest BCUT2D eigenvalue weighted by Crippen LogP contribution is -2.53. The number of unbranched alkanes of at least 4 members (excludes halogenated alkanes) is 22. The average Bonchev–Trinajstić information content (AvgIpc) is 3.11. The largest absolute Gasteiger partial charge is 0.394 e. The molecule has 4 atom stereocenters. The van der Waals surface area contributed by atoms with E-state index in [2.05, 4.69) is 55.6 Å². The van der Waals surface area contributed by atoms with Gasteiger partial charge in [0.15, 0.2) is 0 Å². The van der Waals surface area contributed by atoms with Gasteiger partial charge in [-0.25, -0.2) is 0 Å². The van der Waals surface area contributed by atoms with Crippen molar-refractivity contribution in [3.63, 3.8) is 0 Å². The smallest absolute Gasteiger partial charge is 0.249 e. The number of carbonyl (C=O) groups is 1. The topological polar surface area (TPSA) is 110 Å². The zero-order valence-electron chi connectivity index (χ0n) is 32.2. The monoisotopic (exact) mass is 692 g/mol. The Kier molecular flexibility index (Phi) is 36.6. The third-order valence-corrected chi connectivity index (χ3v) is 9.55. The summed E-state index contributed by atoms with van der Waals surface area (Å²) in [5, 5.41) is 43.5. The van der Waals surface area contributed by atoms with Crippen LogP contribution in [0.15, 0.2) is 36.5 Å². The highest BCUT2D eigenvalue weighted by molar-refractivity contribution is 5.80. The Morgan fingerprint density at radius 3 is 1.29 bits per heavy atom. The fourth-order valence-electron chi connectivity index (χ4n) is 6.18. The lowest BCUT2D eigenvalue weighted by atomic mass is 10.00. The molecule has 4 unspecified atom stereocenters. The van der Waals surface area contributed by atoms with Gasteiger partial charge in [0.2, 0.25) is 5.91 Å². The van der Waals surface area contributed by atoms with Crippen molar-refractivity contribution in [2.45, 2.75) is 224 Å². The molecule has 0 spiro atoms. The summed E-state index contributed by atoms with van der Waals surface area (Å²) >= 11 is 0. The van der Waals surface area contributed by atoms with Gasteiger partial charge in [0.05, 0.1) is 18.8 Å². The maximum absolute atomic E-state index is 12.5. The van der Waals surface area contributed by atoms with Crippen molar-refractivity contribution in [1.29, 1.82) is 0 Å². The minimum absolute atomic E-state index is 0.353. The van der Waals surface area contributed by atoms with Crippen LogP contribution in [0.4, 0.5) is 0 Å². The predicted molar refractivity (Wildman–Crippen MR) is 210 cm³/mol. The van der Waals surface area contributed by atoms with Crippen molar-refractivity contribution in [3.05, 3.63) is 36.5 Å². The summed E-state index contributed by atoms with van der Waals surface area (Å²) in [6, 6.07) is -1.01. The zero-order chi connectivity index (χ0) is 36.0. The SMILES string of the molecule is CCCCCCCC/C=C/CC/C=C/CCCC(O)C(O)C(CO)NC(=O)C(O)CCCCCCCC/C=C\CCCCCCCCCC. The summed E-state index contributed by atoms with van der Waals surface area (Å²) in [6.45, 7) is 4.01. The van der Waals surface area contributed by atoms with Crippen molar-refractivity contribution in [2.75, 3.05) is 6.61 Å². The molecule has 0 aromatic carbocycles. The summed E-state index contributed by atoms with van der Waals surface area (Å²) in [5.41, 5.74) is 0. The summed E-state index contributed by atoms with van der Waals surface area (Å²) < 4.78 is 0. The van der Waals surface area contributed by atoms with Crippen molar-refractivity contribution >= 4 is 5.91 Å². The minimum Gasteiger partial charge on any atom is -0.394 e. The highest BCUT2D eigenvalue weighted by Gasteiger charge is 2.28. The van der Waals surface area contributed by atoms with Gasteiger partial charge in [-0.05, 0) is 77.0 Å². The van der Waals surface area contributed by atoms with E-state index in [1.54, 1.807) is 0 Å². The Bertz CT molecular complexity index is 782. The molecule has 6 nitrogen and oxygen atoms in total. The number of hydrogen-bond donors (Lipinski definition) is 5. The van der Waals surface area contributed by atoms with Crippen molar-refractivity contribution < 1.29 is 25.2 Å². The second-order valence-corrected chi connectivity index (χ2v) is 14.3. The van der Waals surface area contributed by atoms with Gasteiger partial charge in [0.25, 0.3) is 0 Å². The molecular weight excluding hydrogens is 610 g/mol. The van der Waals surface area contributed by atoms with Gasteiger partial charge < -0.3 is 25.7 Å². The van der Waals surface area contributed by atoms with Crippen LogP contribution in [0.25, 0.3) is 0 Å². The Morgan fingerprint density at radius 2 is 0.857 bits per heavy atom. The van der Waals surface area contributed by atoms with E-state index in [0.717, 1.165) is 51.4 Å². The predicted octanol–water partition coefficient (Wildman–Crippen LogP) is 10.6. The molecule has 0 heterocycles. The van der Waals surface area contributed by atoms with Gasteiger partial charge >= 0.3 is 0 Å². The molecule has 0 aliphatic carbocycles. The first-order valence-corrected chi connectivity index (χ1v) is 20.9. The van der Waals surface area contributed by atoms with Gasteiger partial charge in [-0.2, -0.15) is 0 Å². The fraction of sp³-hybridized carbons (Fsp3) is 0.837. The van der Waals surface area contributed by atoms with E-state index in [4.69, 9.17) is 0 Å². The quantitative estimate of drug-likeness (QED) is 0.0329. The maximum atomic E-state index is 12.5. The number of hydrogen-bond acceptors (Lipinski definition) is 5. The van der Waals surface area contributed by atoms with Crippen molar-refractivity contribution in [1.82, 2.24) is 5.32 Å². The van der Waals surface area contributed by atoms with Crippen LogP contribution in [-0.2, 0) is 4.79 Å². The van der Waals surface area contributed by atoms with E-state index in [0.29, 0.717) is 19.3 Å². The molecule has 0 saturated heterocycles. The zero-order valence-corrected chi connectivity index (χ0v) is 32.2. The van der Waals surface area contributed by atoms with Crippen LogP contribution in [0.5, 0.6) is 0 Å². The summed E-state index contributed by atoms with van der Waals surface area (Å²) in [5.74, 6) is -0.604. The van der Waals surface area contributed by atoms with E-state index in [1.807, 2.05) is 0 Å². The molecule has 0 radical (unpaired) electrons. The minimum atomic E-state index is -1.29. The second kappa shape index (κ2) is 37.8. The standard InChI is InChI=1S/C43H81NO5/c1-3-5-7-9-11-13-15-17-19-20-21-23-25-27-29-31-33-35-37-41(47)43(49)44-39(38-45)42(48)40(46)36-34-32-30-28-26-24-22-18-16-14-12-10-8-6-4-2/h18,20-22,28,30,39-42,45-48H,3-17,19,23-27,29,31-38H2,1-2H3,(H,44,49)/b21-20-,22-18+,30-28+. The Balaban J connectivity index is 3.84. The van der Waals surface area contributed by atoms with Crippen LogP contribution >= 0.6 is 0 Å². The van der Waals surface area contributed by atoms with Crippen LogP contribution in [-0.4, -0.2) is 57.3 Å². The lowest BCUT2D eigenvalue weighted by molar-refractivity contribution is -0.132. The van der Waals surface area contributed by atoms with Crippen LogP contribution in [0.1, 0.15) is 200 Å². The molecule has 0 aromatic rings. The number of amides is 1. The van der Waals surface area contributed by atoms with Gasteiger partial charge in [-0.3, -0.25) is 4.79 Å². The Labute approximate surface area is 303 Å². The summed E-state index contributed by atoms with van der Waals surface area (Å²) in [7, 11) is 0. The first-order chi connectivity index (χ1) is 24.0. The molecule has 0 bridgehead atoms. The Morgan fingerprint density at radius 1 is 0.490 bits per heavy atom. The van der Waals surface area contributed by atoms with Crippen LogP contribution < -0.4 is 5.32 Å². The fourth-order valence-corrected chi connectivity index (χ4v) is 6.18. The van der Waals surface area contributed by atoms with E-state index in [-0.39, 0.29) is 0 Å². The number of aliphatic hydroxyl groups excluding tert-OH is 4. The molecule has 0 saturated carbocycles. The molecule has 288 valence electrons. The van der Waals surface area contributed by atoms with Crippen LogP contribution in [0.2, 0.25) is 0 Å². The van der Waals surface area contributed by atoms with E-state index in [1.165, 1.54) is 116 Å². The number of carbonyl (C=O) groups excluding carboxylic acids is 1. The van der Waals surface area contributed by atoms with Gasteiger partial charge in [0, 0.05) is 0 Å². The van der Waals surface area contributed by atoms with Gasteiger partial charge in [-0.1, -0.05) is 159 Å². The number of nitrogens with one attached hydrogen (secondary N) is 1. The molecule has 0 aliphatic rings. The molecule has 1 amide bonds. The normalized spacial score (nSPS) is 14.7.